The fraction of sp³-hybridized carbons (Fsp3) is 0.500. The molecule has 1 aromatic rings. The zero-order chi connectivity index (χ0) is 13.4. The van der Waals surface area contributed by atoms with E-state index in [1.807, 2.05) is 37.4 Å². The van der Waals surface area contributed by atoms with Crippen LogP contribution in [0, 0.1) is 0 Å². The fourth-order valence-electron chi connectivity index (χ4n) is 1.87. The lowest BCUT2D eigenvalue weighted by molar-refractivity contribution is 0.0934. The van der Waals surface area contributed by atoms with Crippen LogP contribution in [-0.2, 0) is 6.42 Å². The minimum Gasteiger partial charge on any atom is -0.396 e. The van der Waals surface area contributed by atoms with Crippen molar-refractivity contribution in [1.82, 2.24) is 5.32 Å². The van der Waals surface area contributed by atoms with Crippen molar-refractivity contribution < 1.29 is 9.90 Å². The van der Waals surface area contributed by atoms with Gasteiger partial charge in [-0.1, -0.05) is 25.1 Å². The van der Waals surface area contributed by atoms with Crippen molar-refractivity contribution in [2.75, 3.05) is 18.6 Å². The number of rotatable bonds is 7. The van der Waals surface area contributed by atoms with Gasteiger partial charge < -0.3 is 10.4 Å². The summed E-state index contributed by atoms with van der Waals surface area (Å²) >= 11 is 1.67. The van der Waals surface area contributed by atoms with Gasteiger partial charge in [-0.25, -0.2) is 0 Å². The van der Waals surface area contributed by atoms with Crippen molar-refractivity contribution in [3.63, 3.8) is 0 Å². The van der Waals surface area contributed by atoms with Crippen molar-refractivity contribution in [3.8, 4) is 0 Å². The van der Waals surface area contributed by atoms with E-state index in [0.717, 1.165) is 23.3 Å². The van der Waals surface area contributed by atoms with E-state index in [1.165, 1.54) is 0 Å². The molecule has 18 heavy (non-hydrogen) atoms. The quantitative estimate of drug-likeness (QED) is 0.795. The summed E-state index contributed by atoms with van der Waals surface area (Å²) in [6.07, 6.45) is 3.44. The Hall–Kier alpha value is -1.00. The molecule has 0 bridgehead atoms. The molecule has 0 aliphatic heterocycles. The molecule has 1 rings (SSSR count). The predicted octanol–water partition coefficient (Wildman–Crippen LogP) is 2.09. The third-order valence-corrected chi connectivity index (χ3v) is 3.56. The first-order valence-electron chi connectivity index (χ1n) is 6.21. The minimum atomic E-state index is -0.0417. The highest BCUT2D eigenvalue weighted by Crippen LogP contribution is 2.10. The predicted molar refractivity (Wildman–Crippen MR) is 77.2 cm³/mol. The maximum absolute atomic E-state index is 12.2. The number of amides is 1. The minimum absolute atomic E-state index is 0.0300. The summed E-state index contributed by atoms with van der Waals surface area (Å²) in [5, 5.41) is 12.0. The van der Waals surface area contributed by atoms with E-state index in [4.69, 9.17) is 5.11 Å². The Morgan fingerprint density at radius 1 is 1.44 bits per heavy atom. The molecule has 2 N–H and O–H groups in total. The molecule has 4 heteroatoms. The highest BCUT2D eigenvalue weighted by molar-refractivity contribution is 7.98. The zero-order valence-electron chi connectivity index (χ0n) is 11.0. The summed E-state index contributed by atoms with van der Waals surface area (Å²) in [6, 6.07) is 7.68. The van der Waals surface area contributed by atoms with Gasteiger partial charge in [0.25, 0.3) is 5.91 Å². The molecule has 0 saturated heterocycles. The molecule has 0 aliphatic carbocycles. The van der Waals surface area contributed by atoms with Gasteiger partial charge in [0.1, 0.15) is 0 Å². The average molecular weight is 267 g/mol. The molecule has 3 nitrogen and oxygen atoms in total. The van der Waals surface area contributed by atoms with E-state index in [1.54, 1.807) is 11.8 Å². The Kier molecular flexibility index (Phi) is 6.83. The molecule has 1 aromatic carbocycles. The number of hydrogen-bond donors (Lipinski definition) is 2. The Morgan fingerprint density at radius 2 is 2.17 bits per heavy atom. The number of benzene rings is 1. The molecule has 1 atom stereocenters. The van der Waals surface area contributed by atoms with Crippen LogP contribution in [0.15, 0.2) is 24.3 Å². The summed E-state index contributed by atoms with van der Waals surface area (Å²) in [6.45, 7) is 2.14. The first-order chi connectivity index (χ1) is 8.72. The van der Waals surface area contributed by atoms with Crippen LogP contribution in [-0.4, -0.2) is 35.7 Å². The number of aryl methyl sites for hydroxylation is 1. The Morgan fingerprint density at radius 3 is 2.78 bits per heavy atom. The van der Waals surface area contributed by atoms with Crippen molar-refractivity contribution in [2.45, 2.75) is 25.8 Å². The van der Waals surface area contributed by atoms with E-state index >= 15 is 0 Å². The van der Waals surface area contributed by atoms with Crippen molar-refractivity contribution in [3.05, 3.63) is 35.4 Å². The van der Waals surface area contributed by atoms with E-state index in [0.29, 0.717) is 6.42 Å². The zero-order valence-corrected chi connectivity index (χ0v) is 11.8. The van der Waals surface area contributed by atoms with Gasteiger partial charge in [0.15, 0.2) is 0 Å². The first kappa shape index (κ1) is 15.1. The number of nitrogens with one attached hydrogen (secondary N) is 1. The lowest BCUT2D eigenvalue weighted by atomic mass is 10.0. The van der Waals surface area contributed by atoms with Gasteiger partial charge in [-0.3, -0.25) is 4.79 Å². The summed E-state index contributed by atoms with van der Waals surface area (Å²) in [5.74, 6) is 0.778. The molecular weight excluding hydrogens is 246 g/mol. The largest absolute Gasteiger partial charge is 0.396 e. The Bertz CT molecular complexity index is 376. The van der Waals surface area contributed by atoms with Crippen LogP contribution in [0.25, 0.3) is 0 Å². The van der Waals surface area contributed by atoms with Gasteiger partial charge in [0.2, 0.25) is 0 Å². The molecule has 0 heterocycles. The normalized spacial score (nSPS) is 12.2. The van der Waals surface area contributed by atoms with Crippen molar-refractivity contribution in [1.29, 1.82) is 0 Å². The van der Waals surface area contributed by atoms with E-state index < -0.39 is 0 Å². The second kappa shape index (κ2) is 8.16. The van der Waals surface area contributed by atoms with Crippen molar-refractivity contribution in [2.24, 2.45) is 0 Å². The van der Waals surface area contributed by atoms with Crippen LogP contribution >= 0.6 is 11.8 Å². The lowest BCUT2D eigenvalue weighted by Gasteiger charge is -2.17. The smallest absolute Gasteiger partial charge is 0.251 e. The second-order valence-electron chi connectivity index (χ2n) is 4.15. The van der Waals surface area contributed by atoms with Crippen LogP contribution in [0.2, 0.25) is 0 Å². The molecular formula is C14H21NO2S. The molecule has 100 valence electrons. The third-order valence-electron chi connectivity index (χ3n) is 2.82. The van der Waals surface area contributed by atoms with Crippen LogP contribution in [0.3, 0.4) is 0 Å². The molecule has 0 saturated carbocycles. The summed E-state index contributed by atoms with van der Waals surface area (Å²) in [7, 11) is 0. The molecule has 1 amide bonds. The van der Waals surface area contributed by atoms with Crippen molar-refractivity contribution >= 4 is 17.7 Å². The lowest BCUT2D eigenvalue weighted by Crippen LogP contribution is -2.37. The molecule has 0 spiro atoms. The molecule has 0 radical (unpaired) electrons. The van der Waals surface area contributed by atoms with Gasteiger partial charge in [-0.05, 0) is 30.7 Å². The molecule has 1 unspecified atom stereocenters. The van der Waals surface area contributed by atoms with Gasteiger partial charge >= 0.3 is 0 Å². The Balaban J connectivity index is 2.73. The third kappa shape index (κ3) is 4.35. The fourth-order valence-corrected chi connectivity index (χ4v) is 2.52. The van der Waals surface area contributed by atoms with Gasteiger partial charge in [-0.15, -0.1) is 0 Å². The van der Waals surface area contributed by atoms with Gasteiger partial charge in [-0.2, -0.15) is 11.8 Å². The number of carbonyl (C=O) groups is 1. The number of aliphatic hydroxyl groups is 1. The number of aliphatic hydroxyl groups excluding tert-OH is 1. The Labute approximate surface area is 113 Å². The van der Waals surface area contributed by atoms with E-state index in [9.17, 15) is 4.79 Å². The van der Waals surface area contributed by atoms with Crippen LogP contribution in [0.5, 0.6) is 0 Å². The summed E-state index contributed by atoms with van der Waals surface area (Å²) < 4.78 is 0. The SMILES string of the molecule is CCc1ccccc1C(=O)NC(CCO)CSC. The van der Waals surface area contributed by atoms with Gasteiger partial charge in [0.05, 0.1) is 0 Å². The van der Waals surface area contributed by atoms with Crippen LogP contribution < -0.4 is 5.32 Å². The average Bonchev–Trinajstić information content (AvgIpc) is 2.39. The number of carbonyl (C=O) groups excluding carboxylic acids is 1. The maximum Gasteiger partial charge on any atom is 0.251 e. The van der Waals surface area contributed by atoms with Crippen LogP contribution in [0.1, 0.15) is 29.3 Å². The summed E-state index contributed by atoms with van der Waals surface area (Å²) in [5.41, 5.74) is 1.80. The van der Waals surface area contributed by atoms with Crippen LogP contribution in [0.4, 0.5) is 0 Å². The summed E-state index contributed by atoms with van der Waals surface area (Å²) in [4.78, 5) is 12.2. The van der Waals surface area contributed by atoms with E-state index in [2.05, 4.69) is 5.32 Å². The first-order valence-corrected chi connectivity index (χ1v) is 7.60. The maximum atomic E-state index is 12.2. The molecule has 0 fully saturated rings. The molecule has 0 aromatic heterocycles. The monoisotopic (exact) mass is 267 g/mol. The topological polar surface area (TPSA) is 49.3 Å². The number of hydrogen-bond acceptors (Lipinski definition) is 3. The van der Waals surface area contributed by atoms with Gasteiger partial charge in [0, 0.05) is 24.0 Å². The highest BCUT2D eigenvalue weighted by Gasteiger charge is 2.14. The second-order valence-corrected chi connectivity index (χ2v) is 5.06. The molecule has 0 aliphatic rings. The highest BCUT2D eigenvalue weighted by atomic mass is 32.2. The number of thioether (sulfide) groups is 1. The van der Waals surface area contributed by atoms with E-state index in [-0.39, 0.29) is 18.6 Å². The standard InChI is InChI=1S/C14H21NO2S/c1-3-11-6-4-5-7-13(11)14(17)15-12(8-9-16)10-18-2/h4-7,12,16H,3,8-10H2,1-2H3,(H,15,17).